The van der Waals surface area contributed by atoms with Crippen molar-refractivity contribution in [1.82, 2.24) is 4.90 Å². The summed E-state index contributed by atoms with van der Waals surface area (Å²) in [5, 5.41) is 2.63. The number of anilines is 1. The second kappa shape index (κ2) is 8.02. The molecule has 7 heteroatoms. The summed E-state index contributed by atoms with van der Waals surface area (Å²) in [5.74, 6) is -1.17. The van der Waals surface area contributed by atoms with Gasteiger partial charge in [-0.3, -0.25) is 0 Å². The summed E-state index contributed by atoms with van der Waals surface area (Å²) in [6.45, 7) is 4.73. The molecule has 2 amide bonds. The van der Waals surface area contributed by atoms with E-state index < -0.39 is 11.9 Å². The lowest BCUT2D eigenvalue weighted by Gasteiger charge is -2.20. The molecule has 7 nitrogen and oxygen atoms in total. The molecule has 0 unspecified atom stereocenters. The van der Waals surface area contributed by atoms with Crippen molar-refractivity contribution < 1.29 is 23.9 Å². The van der Waals surface area contributed by atoms with Crippen LogP contribution < -0.4 is 5.32 Å². The maximum Gasteiger partial charge on any atom is 0.339 e. The van der Waals surface area contributed by atoms with Crippen LogP contribution in [0, 0.1) is 0 Å². The van der Waals surface area contributed by atoms with Crippen molar-refractivity contribution in [1.29, 1.82) is 0 Å². The summed E-state index contributed by atoms with van der Waals surface area (Å²) in [4.78, 5) is 37.0. The number of benzene rings is 1. The average molecular weight is 308 g/mol. The fourth-order valence-electron chi connectivity index (χ4n) is 1.89. The Hall–Kier alpha value is -2.57. The quantitative estimate of drug-likeness (QED) is 0.842. The summed E-state index contributed by atoms with van der Waals surface area (Å²) in [7, 11) is 2.50. The molecule has 1 rings (SSSR count). The molecule has 0 aliphatic heterocycles. The SMILES string of the molecule is CCN(CC)C(=O)Nc1cc(C(=O)OC)ccc1C(=O)OC. The Balaban J connectivity index is 3.19. The van der Waals surface area contributed by atoms with Gasteiger partial charge in [0, 0.05) is 13.1 Å². The number of methoxy groups -OCH3 is 2. The van der Waals surface area contributed by atoms with Crippen molar-refractivity contribution in [2.45, 2.75) is 13.8 Å². The molecule has 1 aromatic carbocycles. The lowest BCUT2D eigenvalue weighted by atomic mass is 10.1. The highest BCUT2D eigenvalue weighted by Gasteiger charge is 2.18. The average Bonchev–Trinajstić information content (AvgIpc) is 2.54. The van der Waals surface area contributed by atoms with Crippen LogP contribution in [0.5, 0.6) is 0 Å². The minimum atomic E-state index is -0.605. The van der Waals surface area contributed by atoms with Gasteiger partial charge in [-0.15, -0.1) is 0 Å². The minimum Gasteiger partial charge on any atom is -0.465 e. The van der Waals surface area contributed by atoms with E-state index >= 15 is 0 Å². The monoisotopic (exact) mass is 308 g/mol. The molecule has 1 aromatic rings. The Morgan fingerprint density at radius 1 is 1.05 bits per heavy atom. The number of nitrogens with zero attached hydrogens (tertiary/aromatic N) is 1. The molecule has 0 bridgehead atoms. The molecule has 0 atom stereocenters. The van der Waals surface area contributed by atoms with E-state index in [1.807, 2.05) is 13.8 Å². The number of rotatable bonds is 5. The molecule has 1 N–H and O–H groups in total. The summed E-state index contributed by atoms with van der Waals surface area (Å²) >= 11 is 0. The number of urea groups is 1. The summed E-state index contributed by atoms with van der Waals surface area (Å²) in [6, 6.07) is 3.87. The van der Waals surface area contributed by atoms with Crippen LogP contribution in [0.1, 0.15) is 34.6 Å². The molecule has 120 valence electrons. The van der Waals surface area contributed by atoms with Crippen LogP contribution in [0.15, 0.2) is 18.2 Å². The number of ether oxygens (including phenoxy) is 2. The van der Waals surface area contributed by atoms with E-state index in [1.165, 1.54) is 32.4 Å². The number of amides is 2. The van der Waals surface area contributed by atoms with Crippen LogP contribution in [0.3, 0.4) is 0 Å². The molecular weight excluding hydrogens is 288 g/mol. The molecule has 0 aliphatic rings. The molecule has 0 radical (unpaired) electrons. The molecule has 0 saturated carbocycles. The van der Waals surface area contributed by atoms with E-state index in [1.54, 1.807) is 4.90 Å². The van der Waals surface area contributed by atoms with Gasteiger partial charge < -0.3 is 19.7 Å². The fourth-order valence-corrected chi connectivity index (χ4v) is 1.89. The van der Waals surface area contributed by atoms with Gasteiger partial charge in [0.15, 0.2) is 0 Å². The zero-order valence-corrected chi connectivity index (χ0v) is 13.1. The number of esters is 2. The Morgan fingerprint density at radius 2 is 1.64 bits per heavy atom. The number of carbonyl (C=O) groups is 3. The van der Waals surface area contributed by atoms with Crippen molar-refractivity contribution >= 4 is 23.7 Å². The Bertz CT molecular complexity index is 567. The lowest BCUT2D eigenvalue weighted by molar-refractivity contribution is 0.0587. The first-order valence-electron chi connectivity index (χ1n) is 6.85. The highest BCUT2D eigenvalue weighted by molar-refractivity contribution is 6.03. The first kappa shape index (κ1) is 17.5. The van der Waals surface area contributed by atoms with Gasteiger partial charge in [-0.25, -0.2) is 14.4 Å². The normalized spacial score (nSPS) is 9.82. The van der Waals surface area contributed by atoms with Gasteiger partial charge in [-0.2, -0.15) is 0 Å². The molecule has 0 saturated heterocycles. The Kier molecular flexibility index (Phi) is 6.37. The number of hydrogen-bond acceptors (Lipinski definition) is 5. The maximum atomic E-state index is 12.1. The second-order valence-electron chi connectivity index (χ2n) is 4.35. The van der Waals surface area contributed by atoms with E-state index in [9.17, 15) is 14.4 Å². The molecular formula is C15H20N2O5. The van der Waals surface area contributed by atoms with Crippen LogP contribution in [-0.4, -0.2) is 50.2 Å². The first-order chi connectivity index (χ1) is 10.5. The summed E-state index contributed by atoms with van der Waals surface area (Å²) in [6.07, 6.45) is 0. The zero-order valence-electron chi connectivity index (χ0n) is 13.1. The van der Waals surface area contributed by atoms with Gasteiger partial charge in [0.25, 0.3) is 0 Å². The second-order valence-corrected chi connectivity index (χ2v) is 4.35. The van der Waals surface area contributed by atoms with Crippen LogP contribution in [0.2, 0.25) is 0 Å². The minimum absolute atomic E-state index is 0.163. The Morgan fingerprint density at radius 3 is 2.14 bits per heavy atom. The van der Waals surface area contributed by atoms with Gasteiger partial charge in [-0.05, 0) is 32.0 Å². The predicted molar refractivity (Wildman–Crippen MR) is 81.1 cm³/mol. The van der Waals surface area contributed by atoms with Crippen LogP contribution in [0.4, 0.5) is 10.5 Å². The van der Waals surface area contributed by atoms with Crippen molar-refractivity contribution in [2.75, 3.05) is 32.6 Å². The van der Waals surface area contributed by atoms with Gasteiger partial charge in [0.05, 0.1) is 31.0 Å². The van der Waals surface area contributed by atoms with Crippen LogP contribution >= 0.6 is 0 Å². The topological polar surface area (TPSA) is 84.9 Å². The third kappa shape index (κ3) is 3.97. The highest BCUT2D eigenvalue weighted by Crippen LogP contribution is 2.20. The van der Waals surface area contributed by atoms with E-state index in [0.29, 0.717) is 13.1 Å². The van der Waals surface area contributed by atoms with E-state index in [2.05, 4.69) is 14.8 Å². The number of hydrogen-bond donors (Lipinski definition) is 1. The molecule has 0 aliphatic carbocycles. The molecule has 0 heterocycles. The smallest absolute Gasteiger partial charge is 0.339 e. The third-order valence-electron chi connectivity index (χ3n) is 3.14. The first-order valence-corrected chi connectivity index (χ1v) is 6.85. The van der Waals surface area contributed by atoms with E-state index in [4.69, 9.17) is 0 Å². The van der Waals surface area contributed by atoms with Crippen LogP contribution in [-0.2, 0) is 9.47 Å². The molecule has 0 spiro atoms. The van der Waals surface area contributed by atoms with Gasteiger partial charge in [0.2, 0.25) is 0 Å². The highest BCUT2D eigenvalue weighted by atomic mass is 16.5. The molecule has 22 heavy (non-hydrogen) atoms. The van der Waals surface area contributed by atoms with Gasteiger partial charge >= 0.3 is 18.0 Å². The standard InChI is InChI=1S/C15H20N2O5/c1-5-17(6-2)15(20)16-12-9-10(13(18)21-3)7-8-11(12)14(19)22-4/h7-9H,5-6H2,1-4H3,(H,16,20). The fraction of sp³-hybridized carbons (Fsp3) is 0.400. The Labute approximate surface area is 129 Å². The molecule has 0 aromatic heterocycles. The largest absolute Gasteiger partial charge is 0.465 e. The van der Waals surface area contributed by atoms with Crippen molar-refractivity contribution in [3.8, 4) is 0 Å². The molecule has 0 fully saturated rings. The van der Waals surface area contributed by atoms with Crippen molar-refractivity contribution in [3.05, 3.63) is 29.3 Å². The third-order valence-corrected chi connectivity index (χ3v) is 3.14. The number of nitrogens with one attached hydrogen (secondary N) is 1. The van der Waals surface area contributed by atoms with Crippen LogP contribution in [0.25, 0.3) is 0 Å². The predicted octanol–water partition coefficient (Wildman–Crippen LogP) is 2.13. The number of carbonyl (C=O) groups excluding carboxylic acids is 3. The van der Waals surface area contributed by atoms with Crippen molar-refractivity contribution in [2.24, 2.45) is 0 Å². The zero-order chi connectivity index (χ0) is 16.7. The summed E-state index contributed by atoms with van der Waals surface area (Å²) in [5.41, 5.74) is 0.590. The van der Waals surface area contributed by atoms with E-state index in [-0.39, 0.29) is 22.8 Å². The van der Waals surface area contributed by atoms with E-state index in [0.717, 1.165) is 0 Å². The van der Waals surface area contributed by atoms with Gasteiger partial charge in [-0.1, -0.05) is 0 Å². The van der Waals surface area contributed by atoms with Gasteiger partial charge in [0.1, 0.15) is 0 Å². The maximum absolute atomic E-state index is 12.1. The summed E-state index contributed by atoms with van der Waals surface area (Å²) < 4.78 is 9.31. The lowest BCUT2D eigenvalue weighted by Crippen LogP contribution is -2.35. The van der Waals surface area contributed by atoms with Crippen molar-refractivity contribution in [3.63, 3.8) is 0 Å².